The Morgan fingerprint density at radius 1 is 0.704 bits per heavy atom. The maximum absolute atomic E-state index is 13.5. The van der Waals surface area contributed by atoms with Gasteiger partial charge >= 0.3 is 12.2 Å². The summed E-state index contributed by atoms with van der Waals surface area (Å²) in [5.74, 6) is 0.770. The van der Waals surface area contributed by atoms with Crippen LogP contribution in [-0.4, -0.2) is 93.1 Å². The third kappa shape index (κ3) is 8.02. The Hall–Kier alpha value is -5.92. The van der Waals surface area contributed by atoms with Crippen molar-refractivity contribution in [3.8, 4) is 33.6 Å². The highest BCUT2D eigenvalue weighted by molar-refractivity contribution is 5.87. The molecule has 2 aliphatic heterocycles. The Morgan fingerprint density at radius 2 is 1.17 bits per heavy atom. The molecule has 2 aromatic carbocycles. The van der Waals surface area contributed by atoms with E-state index in [2.05, 4.69) is 54.8 Å². The Bertz CT molecular complexity index is 1980. The Morgan fingerprint density at radius 3 is 1.67 bits per heavy atom. The average molecular weight is 737 g/mol. The van der Waals surface area contributed by atoms with Crippen LogP contribution in [0.5, 0.6) is 0 Å². The van der Waals surface area contributed by atoms with Gasteiger partial charge in [-0.25, -0.2) is 19.6 Å². The number of hydrogen-bond acceptors (Lipinski definition) is 8. The number of nitrogens with one attached hydrogen (secondary N) is 4. The fourth-order valence-corrected chi connectivity index (χ4v) is 7.03. The van der Waals surface area contributed by atoms with Crippen molar-refractivity contribution in [1.29, 1.82) is 0 Å². The number of aromatic amines is 2. The molecule has 14 heteroatoms. The van der Waals surface area contributed by atoms with E-state index in [1.165, 1.54) is 14.2 Å². The fourth-order valence-electron chi connectivity index (χ4n) is 7.03. The van der Waals surface area contributed by atoms with Crippen LogP contribution in [0.3, 0.4) is 0 Å². The largest absolute Gasteiger partial charge is 0.453 e. The van der Waals surface area contributed by atoms with Crippen LogP contribution >= 0.6 is 0 Å². The lowest BCUT2D eigenvalue weighted by atomic mass is 10.0. The van der Waals surface area contributed by atoms with E-state index in [-0.39, 0.29) is 35.7 Å². The summed E-state index contributed by atoms with van der Waals surface area (Å²) < 4.78 is 9.48. The first-order chi connectivity index (χ1) is 26.0. The van der Waals surface area contributed by atoms with Crippen molar-refractivity contribution in [2.45, 2.75) is 64.7 Å². The minimum absolute atomic E-state index is 0.106. The van der Waals surface area contributed by atoms with Crippen molar-refractivity contribution in [1.82, 2.24) is 40.4 Å². The van der Waals surface area contributed by atoms with Gasteiger partial charge in [-0.1, -0.05) is 88.4 Å². The topological polar surface area (TPSA) is 175 Å². The number of ether oxygens (including phenoxy) is 2. The molecule has 1 fully saturated rings. The van der Waals surface area contributed by atoms with Gasteiger partial charge in [0.25, 0.3) is 0 Å². The van der Waals surface area contributed by atoms with Gasteiger partial charge in [0.05, 0.1) is 44.0 Å². The van der Waals surface area contributed by atoms with Crippen LogP contribution in [0.25, 0.3) is 33.6 Å². The summed E-state index contributed by atoms with van der Waals surface area (Å²) in [6.45, 7) is 8.56. The zero-order chi connectivity index (χ0) is 38.5. The molecule has 2 aliphatic rings. The number of aromatic nitrogens is 4. The van der Waals surface area contributed by atoms with E-state index in [4.69, 9.17) is 9.47 Å². The first-order valence-corrected chi connectivity index (χ1v) is 18.3. The van der Waals surface area contributed by atoms with Gasteiger partial charge in [0.2, 0.25) is 11.8 Å². The second-order valence-corrected chi connectivity index (χ2v) is 14.3. The monoisotopic (exact) mass is 736 g/mol. The van der Waals surface area contributed by atoms with Crippen molar-refractivity contribution in [2.75, 3.05) is 27.3 Å². The maximum Gasteiger partial charge on any atom is 0.407 e. The lowest BCUT2D eigenvalue weighted by Crippen LogP contribution is -2.51. The predicted octanol–water partition coefficient (Wildman–Crippen LogP) is 6.00. The first kappa shape index (κ1) is 37.8. The molecule has 0 aliphatic carbocycles. The fraction of sp³-hybridized carbons (Fsp3) is 0.400. The standard InChI is InChI=1S/C40H48N8O6/c1-23(2)33(45-39(51)53-5)37(49)47-19-7-9-31(47)35-41-21-29(43-35)27-15-11-25(12-16-27)26-13-17-28(18-14-26)30-22-42-36(44-30)32-10-8-20-48(32)38(50)34(24(3)4)46-40(52)54-6/h7,9,11-18,21-24,31-34H,8,10,19-20H2,1-6H3,(H,41,43)(H,42,44)(H,45,51)(H,46,52)/t31?,32?,33-,34-/m0/s1. The summed E-state index contributed by atoms with van der Waals surface area (Å²) in [6.07, 6.45) is 7.78. The van der Waals surface area contributed by atoms with Crippen molar-refractivity contribution >= 4 is 24.0 Å². The molecular weight excluding hydrogens is 688 g/mol. The van der Waals surface area contributed by atoms with Gasteiger partial charge in [0.15, 0.2) is 0 Å². The van der Waals surface area contributed by atoms with Crippen LogP contribution < -0.4 is 10.6 Å². The first-order valence-electron chi connectivity index (χ1n) is 18.3. The second-order valence-electron chi connectivity index (χ2n) is 14.3. The quantitative estimate of drug-likeness (QED) is 0.136. The number of methoxy groups -OCH3 is 2. The van der Waals surface area contributed by atoms with Crippen LogP contribution in [0.15, 0.2) is 73.1 Å². The van der Waals surface area contributed by atoms with Gasteiger partial charge in [-0.2, -0.15) is 0 Å². The molecule has 14 nitrogen and oxygen atoms in total. The molecule has 284 valence electrons. The summed E-state index contributed by atoms with van der Waals surface area (Å²) >= 11 is 0. The van der Waals surface area contributed by atoms with E-state index in [0.29, 0.717) is 18.9 Å². The summed E-state index contributed by atoms with van der Waals surface area (Å²) in [6, 6.07) is 14.4. The minimum Gasteiger partial charge on any atom is -0.453 e. The predicted molar refractivity (Wildman–Crippen MR) is 203 cm³/mol. The molecule has 0 spiro atoms. The molecule has 2 aromatic heterocycles. The number of hydrogen-bond donors (Lipinski definition) is 4. The number of likely N-dealkylation sites (tertiary alicyclic amines) is 1. The van der Waals surface area contributed by atoms with Gasteiger partial charge in [-0.15, -0.1) is 0 Å². The summed E-state index contributed by atoms with van der Waals surface area (Å²) in [4.78, 5) is 70.4. The lowest BCUT2D eigenvalue weighted by molar-refractivity contribution is -0.136. The molecule has 4 aromatic rings. The van der Waals surface area contributed by atoms with Crippen LogP contribution in [0.1, 0.15) is 64.3 Å². The Kier molecular flexibility index (Phi) is 11.5. The second kappa shape index (κ2) is 16.4. The van der Waals surface area contributed by atoms with Crippen molar-refractivity contribution < 1.29 is 28.7 Å². The Labute approximate surface area is 314 Å². The van der Waals surface area contributed by atoms with Crippen LogP contribution in [0, 0.1) is 11.8 Å². The zero-order valence-corrected chi connectivity index (χ0v) is 31.5. The zero-order valence-electron chi connectivity index (χ0n) is 31.5. The van der Waals surface area contributed by atoms with Gasteiger partial charge in [-0.05, 0) is 46.9 Å². The lowest BCUT2D eigenvalue weighted by Gasteiger charge is -2.30. The highest BCUT2D eigenvalue weighted by Crippen LogP contribution is 2.34. The third-order valence-corrected chi connectivity index (χ3v) is 10.1. The van der Waals surface area contributed by atoms with Crippen LogP contribution in [0.4, 0.5) is 9.59 Å². The van der Waals surface area contributed by atoms with E-state index < -0.39 is 24.3 Å². The molecule has 0 bridgehead atoms. The molecule has 0 radical (unpaired) electrons. The van der Waals surface area contributed by atoms with Crippen LogP contribution in [-0.2, 0) is 19.1 Å². The number of benzene rings is 2. The molecular formula is C40H48N8O6. The number of H-pyrrole nitrogens is 2. The van der Waals surface area contributed by atoms with Crippen molar-refractivity contribution in [2.24, 2.45) is 11.8 Å². The molecule has 0 saturated carbocycles. The van der Waals surface area contributed by atoms with E-state index in [0.717, 1.165) is 52.3 Å². The van der Waals surface area contributed by atoms with E-state index in [1.54, 1.807) is 22.2 Å². The van der Waals surface area contributed by atoms with Gasteiger partial charge < -0.3 is 39.9 Å². The molecule has 4 N–H and O–H groups in total. The Balaban J connectivity index is 1.11. The minimum atomic E-state index is -0.727. The molecule has 1 saturated heterocycles. The summed E-state index contributed by atoms with van der Waals surface area (Å²) in [7, 11) is 2.56. The van der Waals surface area contributed by atoms with Crippen molar-refractivity contribution in [3.63, 3.8) is 0 Å². The van der Waals surface area contributed by atoms with Gasteiger partial charge in [-0.3, -0.25) is 9.59 Å². The average Bonchev–Trinajstić information content (AvgIpc) is 4.02. The third-order valence-electron chi connectivity index (χ3n) is 10.1. The summed E-state index contributed by atoms with van der Waals surface area (Å²) in [5, 5.41) is 5.35. The number of carbonyl (C=O) groups excluding carboxylic acids is 4. The molecule has 6 rings (SSSR count). The van der Waals surface area contributed by atoms with E-state index in [1.807, 2.05) is 64.1 Å². The number of nitrogens with zero attached hydrogens (tertiary/aromatic N) is 4. The molecule has 2 unspecified atom stereocenters. The molecule has 4 amide bonds. The molecule has 54 heavy (non-hydrogen) atoms. The van der Waals surface area contributed by atoms with E-state index in [9.17, 15) is 19.2 Å². The highest BCUT2D eigenvalue weighted by Gasteiger charge is 2.38. The van der Waals surface area contributed by atoms with Gasteiger partial charge in [0.1, 0.15) is 29.8 Å². The number of imidazole rings is 2. The normalized spacial score (nSPS) is 17.9. The number of carbonyl (C=O) groups is 4. The maximum atomic E-state index is 13.5. The SMILES string of the molecule is COC(=O)N[C@H](C(=O)N1CC=CC1c1ncc(-c2ccc(-c3ccc(-c4cnc(C5CCCN5C(=O)[C@@H](NC(=O)OC)C(C)C)[nH]4)cc3)cc2)[nH]1)C(C)C. The smallest absolute Gasteiger partial charge is 0.407 e. The number of rotatable bonds is 11. The summed E-state index contributed by atoms with van der Waals surface area (Å²) in [5.41, 5.74) is 5.69. The van der Waals surface area contributed by atoms with E-state index >= 15 is 0 Å². The molecule has 4 atom stereocenters. The van der Waals surface area contributed by atoms with Crippen molar-refractivity contribution in [3.05, 3.63) is 84.7 Å². The van der Waals surface area contributed by atoms with Crippen LogP contribution in [0.2, 0.25) is 0 Å². The highest BCUT2D eigenvalue weighted by atomic mass is 16.5. The molecule has 4 heterocycles. The van der Waals surface area contributed by atoms with Gasteiger partial charge in [0, 0.05) is 13.1 Å². The number of amides is 4. The number of alkyl carbamates (subject to hydrolysis) is 2.